The molecular formula is C17H22N2O4S. The highest BCUT2D eigenvalue weighted by Crippen LogP contribution is 2.21. The third kappa shape index (κ3) is 4.70. The predicted octanol–water partition coefficient (Wildman–Crippen LogP) is 1.59. The first kappa shape index (κ1) is 18.3. The monoisotopic (exact) mass is 350 g/mol. The first-order chi connectivity index (χ1) is 11.5. The van der Waals surface area contributed by atoms with E-state index in [1.54, 1.807) is 48.5 Å². The van der Waals surface area contributed by atoms with Gasteiger partial charge in [0.05, 0.1) is 18.1 Å². The molecule has 0 aliphatic rings. The van der Waals surface area contributed by atoms with Crippen molar-refractivity contribution in [3.8, 4) is 0 Å². The van der Waals surface area contributed by atoms with Crippen LogP contribution in [0.4, 0.5) is 11.4 Å². The van der Waals surface area contributed by atoms with E-state index >= 15 is 0 Å². The van der Waals surface area contributed by atoms with Crippen molar-refractivity contribution in [2.45, 2.75) is 11.8 Å². The van der Waals surface area contributed by atoms with Crippen LogP contribution in [-0.2, 0) is 10.0 Å². The number of anilines is 2. The summed E-state index contributed by atoms with van der Waals surface area (Å²) in [5, 5.41) is 18.1. The molecule has 0 fully saturated rings. The van der Waals surface area contributed by atoms with Crippen LogP contribution in [0.25, 0.3) is 0 Å². The maximum atomic E-state index is 12.3. The summed E-state index contributed by atoms with van der Waals surface area (Å²) < 4.78 is 27.2. The van der Waals surface area contributed by atoms with Crippen LogP contribution in [0.15, 0.2) is 53.4 Å². The van der Waals surface area contributed by atoms with E-state index in [1.807, 2.05) is 11.8 Å². The number of rotatable bonds is 8. The lowest BCUT2D eigenvalue weighted by Gasteiger charge is -2.23. The van der Waals surface area contributed by atoms with Crippen LogP contribution < -0.4 is 9.62 Å². The van der Waals surface area contributed by atoms with Gasteiger partial charge in [-0.25, -0.2) is 8.42 Å². The molecule has 0 spiro atoms. The smallest absolute Gasteiger partial charge is 0.261 e. The Hall–Kier alpha value is -2.09. The summed E-state index contributed by atoms with van der Waals surface area (Å²) >= 11 is 0. The molecule has 0 saturated heterocycles. The highest BCUT2D eigenvalue weighted by molar-refractivity contribution is 7.92. The predicted molar refractivity (Wildman–Crippen MR) is 94.8 cm³/mol. The molecule has 0 heterocycles. The summed E-state index contributed by atoms with van der Waals surface area (Å²) in [6.07, 6.45) is 0. The zero-order valence-electron chi connectivity index (χ0n) is 13.5. The molecule has 0 aliphatic carbocycles. The highest BCUT2D eigenvalue weighted by atomic mass is 32.2. The number of aliphatic hydroxyl groups is 2. The SMILES string of the molecule is Cc1ccc(S(=O)(=O)Nc2ccc(N(CCO)CCO)cc2)cc1. The van der Waals surface area contributed by atoms with Gasteiger partial charge < -0.3 is 15.1 Å². The van der Waals surface area contributed by atoms with Crippen molar-refractivity contribution >= 4 is 21.4 Å². The number of aryl methyl sites for hydroxylation is 1. The molecule has 130 valence electrons. The molecule has 0 bridgehead atoms. The van der Waals surface area contributed by atoms with Gasteiger partial charge in [0.2, 0.25) is 0 Å². The molecule has 24 heavy (non-hydrogen) atoms. The van der Waals surface area contributed by atoms with Gasteiger partial charge in [0, 0.05) is 24.5 Å². The van der Waals surface area contributed by atoms with E-state index in [-0.39, 0.29) is 18.1 Å². The molecule has 0 aromatic heterocycles. The number of aliphatic hydroxyl groups excluding tert-OH is 2. The number of nitrogens with one attached hydrogen (secondary N) is 1. The van der Waals surface area contributed by atoms with E-state index in [0.717, 1.165) is 11.3 Å². The molecule has 3 N–H and O–H groups in total. The molecule has 0 amide bonds. The Kier molecular flexibility index (Phi) is 6.19. The first-order valence-electron chi connectivity index (χ1n) is 7.62. The summed E-state index contributed by atoms with van der Waals surface area (Å²) in [6, 6.07) is 13.4. The molecule has 6 nitrogen and oxygen atoms in total. The van der Waals surface area contributed by atoms with Gasteiger partial charge in [-0.2, -0.15) is 0 Å². The third-order valence-electron chi connectivity index (χ3n) is 3.56. The Morgan fingerprint density at radius 2 is 1.46 bits per heavy atom. The Bertz CT molecular complexity index is 737. The van der Waals surface area contributed by atoms with Gasteiger partial charge >= 0.3 is 0 Å². The maximum absolute atomic E-state index is 12.3. The standard InChI is InChI=1S/C17H22N2O4S/c1-14-2-8-17(9-3-14)24(22,23)18-15-4-6-16(7-5-15)19(10-12-20)11-13-21/h2-9,18,20-21H,10-13H2,1H3. The van der Waals surface area contributed by atoms with E-state index in [1.165, 1.54) is 0 Å². The first-order valence-corrected chi connectivity index (χ1v) is 9.11. The number of sulfonamides is 1. The van der Waals surface area contributed by atoms with E-state index in [4.69, 9.17) is 10.2 Å². The average molecular weight is 350 g/mol. The molecule has 7 heteroatoms. The minimum atomic E-state index is -3.63. The molecule has 2 aromatic rings. The summed E-state index contributed by atoms with van der Waals surface area (Å²) in [4.78, 5) is 2.03. The Balaban J connectivity index is 2.14. The van der Waals surface area contributed by atoms with Crippen LogP contribution in [0.2, 0.25) is 0 Å². The third-order valence-corrected chi connectivity index (χ3v) is 4.95. The van der Waals surface area contributed by atoms with E-state index in [2.05, 4.69) is 4.72 Å². The molecule has 0 saturated carbocycles. The van der Waals surface area contributed by atoms with Crippen LogP contribution in [-0.4, -0.2) is 44.9 Å². The average Bonchev–Trinajstić information content (AvgIpc) is 2.55. The van der Waals surface area contributed by atoms with Gasteiger partial charge in [-0.3, -0.25) is 4.72 Å². The fraction of sp³-hybridized carbons (Fsp3) is 0.294. The van der Waals surface area contributed by atoms with Crippen molar-refractivity contribution in [3.05, 3.63) is 54.1 Å². The fourth-order valence-corrected chi connectivity index (χ4v) is 3.34. The Labute approximate surface area is 142 Å². The van der Waals surface area contributed by atoms with Crippen LogP contribution in [0.5, 0.6) is 0 Å². The minimum Gasteiger partial charge on any atom is -0.395 e. The van der Waals surface area contributed by atoms with Gasteiger partial charge in [0.1, 0.15) is 0 Å². The second-order valence-electron chi connectivity index (χ2n) is 5.40. The largest absolute Gasteiger partial charge is 0.395 e. The number of hydrogen-bond acceptors (Lipinski definition) is 5. The molecule has 2 aromatic carbocycles. The Morgan fingerprint density at radius 3 is 1.96 bits per heavy atom. The quantitative estimate of drug-likeness (QED) is 0.673. The molecule has 2 rings (SSSR count). The van der Waals surface area contributed by atoms with Crippen LogP contribution in [0.3, 0.4) is 0 Å². The molecule has 0 radical (unpaired) electrons. The summed E-state index contributed by atoms with van der Waals surface area (Å²) in [5.74, 6) is 0. The lowest BCUT2D eigenvalue weighted by atomic mass is 10.2. The van der Waals surface area contributed by atoms with Gasteiger partial charge in [-0.15, -0.1) is 0 Å². The summed E-state index contributed by atoms with van der Waals surface area (Å²) in [5.41, 5.74) is 2.25. The zero-order chi connectivity index (χ0) is 17.6. The van der Waals surface area contributed by atoms with Crippen molar-refractivity contribution in [1.29, 1.82) is 0 Å². The van der Waals surface area contributed by atoms with Gasteiger partial charge in [-0.05, 0) is 43.3 Å². The van der Waals surface area contributed by atoms with Crippen molar-refractivity contribution in [1.82, 2.24) is 0 Å². The summed E-state index contributed by atoms with van der Waals surface area (Å²) in [7, 11) is -3.63. The normalized spacial score (nSPS) is 11.3. The van der Waals surface area contributed by atoms with E-state index in [9.17, 15) is 8.42 Å². The second kappa shape index (κ2) is 8.14. The lowest BCUT2D eigenvalue weighted by molar-refractivity contribution is 0.281. The van der Waals surface area contributed by atoms with Crippen LogP contribution in [0.1, 0.15) is 5.56 Å². The molecule has 0 unspecified atom stereocenters. The van der Waals surface area contributed by atoms with Crippen LogP contribution in [0, 0.1) is 6.92 Å². The lowest BCUT2D eigenvalue weighted by Crippen LogP contribution is -2.29. The second-order valence-corrected chi connectivity index (χ2v) is 7.08. The number of nitrogens with zero attached hydrogens (tertiary/aromatic N) is 1. The van der Waals surface area contributed by atoms with Gasteiger partial charge in [0.25, 0.3) is 10.0 Å². The Morgan fingerprint density at radius 1 is 0.917 bits per heavy atom. The van der Waals surface area contributed by atoms with Crippen molar-refractivity contribution in [3.63, 3.8) is 0 Å². The van der Waals surface area contributed by atoms with Crippen LogP contribution >= 0.6 is 0 Å². The molecule has 0 aliphatic heterocycles. The van der Waals surface area contributed by atoms with E-state index in [0.29, 0.717) is 18.8 Å². The van der Waals surface area contributed by atoms with Gasteiger partial charge in [-0.1, -0.05) is 17.7 Å². The highest BCUT2D eigenvalue weighted by Gasteiger charge is 2.14. The van der Waals surface area contributed by atoms with Crippen molar-refractivity contribution in [2.24, 2.45) is 0 Å². The fourth-order valence-electron chi connectivity index (χ4n) is 2.28. The molecular weight excluding hydrogens is 328 g/mol. The topological polar surface area (TPSA) is 89.9 Å². The van der Waals surface area contributed by atoms with E-state index < -0.39 is 10.0 Å². The van der Waals surface area contributed by atoms with Crippen molar-refractivity contribution in [2.75, 3.05) is 35.9 Å². The maximum Gasteiger partial charge on any atom is 0.261 e. The summed E-state index contributed by atoms with van der Waals surface area (Å²) in [6.45, 7) is 2.64. The zero-order valence-corrected chi connectivity index (χ0v) is 14.3. The number of hydrogen-bond donors (Lipinski definition) is 3. The minimum absolute atomic E-state index is 0.0260. The molecule has 0 atom stereocenters. The van der Waals surface area contributed by atoms with Gasteiger partial charge in [0.15, 0.2) is 0 Å². The number of benzene rings is 2. The van der Waals surface area contributed by atoms with Crippen molar-refractivity contribution < 1.29 is 18.6 Å².